The van der Waals surface area contributed by atoms with E-state index in [1.165, 1.54) is 23.4 Å². The van der Waals surface area contributed by atoms with Crippen LogP contribution in [0.4, 0.5) is 16.4 Å². The van der Waals surface area contributed by atoms with Crippen LogP contribution in [0.1, 0.15) is 16.7 Å². The summed E-state index contributed by atoms with van der Waals surface area (Å²) in [5.41, 5.74) is 6.45. The molecular formula is C30H33N5O3. The van der Waals surface area contributed by atoms with Gasteiger partial charge < -0.3 is 25.0 Å². The summed E-state index contributed by atoms with van der Waals surface area (Å²) >= 11 is 0. The molecule has 0 fully saturated rings. The van der Waals surface area contributed by atoms with Crippen LogP contribution in [0.5, 0.6) is 11.6 Å². The summed E-state index contributed by atoms with van der Waals surface area (Å²) in [4.78, 5) is 23.1. The zero-order chi connectivity index (χ0) is 26.9. The number of likely N-dealkylation sites (N-methyl/N-ethyl adjacent to an activating group) is 1. The molecule has 3 aromatic carbocycles. The molecule has 2 N–H and O–H groups in total. The van der Waals surface area contributed by atoms with Crippen molar-refractivity contribution in [2.24, 2.45) is 0 Å². The van der Waals surface area contributed by atoms with Gasteiger partial charge in [-0.3, -0.25) is 0 Å². The first-order chi connectivity index (χ1) is 18.4. The molecule has 38 heavy (non-hydrogen) atoms. The van der Waals surface area contributed by atoms with Crippen molar-refractivity contribution in [1.82, 2.24) is 20.2 Å². The van der Waals surface area contributed by atoms with Gasteiger partial charge in [0.15, 0.2) is 0 Å². The Hall–Kier alpha value is -4.43. The van der Waals surface area contributed by atoms with Gasteiger partial charge in [-0.05, 0) is 80.0 Å². The van der Waals surface area contributed by atoms with Crippen molar-refractivity contribution < 1.29 is 14.3 Å². The maximum absolute atomic E-state index is 12.6. The molecule has 4 rings (SSSR count). The lowest BCUT2D eigenvalue weighted by Gasteiger charge is -2.14. The van der Waals surface area contributed by atoms with Crippen LogP contribution >= 0.6 is 0 Å². The van der Waals surface area contributed by atoms with E-state index in [2.05, 4.69) is 57.5 Å². The molecule has 196 valence electrons. The van der Waals surface area contributed by atoms with Crippen molar-refractivity contribution in [1.29, 1.82) is 0 Å². The molecule has 0 aliphatic rings. The summed E-state index contributed by atoms with van der Waals surface area (Å²) < 4.78 is 11.1. The number of carbonyl (C=O) groups excluding carboxylic acids is 1. The van der Waals surface area contributed by atoms with E-state index in [1.54, 1.807) is 0 Å². The Kier molecular flexibility index (Phi) is 8.89. The molecule has 0 bridgehead atoms. The van der Waals surface area contributed by atoms with Crippen LogP contribution < -0.4 is 20.1 Å². The first-order valence-corrected chi connectivity index (χ1v) is 12.5. The zero-order valence-corrected chi connectivity index (χ0v) is 22.2. The van der Waals surface area contributed by atoms with Gasteiger partial charge >= 0.3 is 6.09 Å². The van der Waals surface area contributed by atoms with Crippen molar-refractivity contribution in [3.63, 3.8) is 0 Å². The SMILES string of the molecule is Cc1cccc(-c2ccccc2CNC(=O)Oc2ccnc(Nc3ccc(OCCN(C)C)cc3)n2)c1C. The van der Waals surface area contributed by atoms with Crippen LogP contribution in [0.15, 0.2) is 79.0 Å². The average molecular weight is 512 g/mol. The summed E-state index contributed by atoms with van der Waals surface area (Å²) in [5, 5.41) is 5.95. The molecule has 0 saturated carbocycles. The first kappa shape index (κ1) is 26.6. The maximum atomic E-state index is 12.6. The van der Waals surface area contributed by atoms with E-state index in [-0.39, 0.29) is 5.88 Å². The van der Waals surface area contributed by atoms with Crippen molar-refractivity contribution in [3.8, 4) is 22.8 Å². The highest BCUT2D eigenvalue weighted by molar-refractivity contribution is 5.73. The highest BCUT2D eigenvalue weighted by atomic mass is 16.6. The predicted octanol–water partition coefficient (Wildman–Crippen LogP) is 5.73. The van der Waals surface area contributed by atoms with Crippen LogP contribution in [0.25, 0.3) is 11.1 Å². The number of hydrogen-bond acceptors (Lipinski definition) is 7. The third-order valence-electron chi connectivity index (χ3n) is 6.08. The van der Waals surface area contributed by atoms with Crippen molar-refractivity contribution in [2.45, 2.75) is 20.4 Å². The maximum Gasteiger partial charge on any atom is 0.414 e. The Morgan fingerprint density at radius 2 is 1.68 bits per heavy atom. The molecule has 4 aromatic rings. The van der Waals surface area contributed by atoms with Crippen LogP contribution in [0, 0.1) is 13.8 Å². The van der Waals surface area contributed by atoms with Crippen LogP contribution in [0.3, 0.4) is 0 Å². The van der Waals surface area contributed by atoms with Gasteiger partial charge in [0, 0.05) is 31.0 Å². The fraction of sp³-hybridized carbons (Fsp3) is 0.233. The van der Waals surface area contributed by atoms with Gasteiger partial charge in [-0.15, -0.1) is 0 Å². The molecule has 1 aromatic heterocycles. The number of aryl methyl sites for hydroxylation is 1. The molecule has 0 saturated heterocycles. The minimum absolute atomic E-state index is 0.145. The number of carbonyl (C=O) groups is 1. The smallest absolute Gasteiger partial charge is 0.414 e. The van der Waals surface area contributed by atoms with E-state index in [9.17, 15) is 4.79 Å². The summed E-state index contributed by atoms with van der Waals surface area (Å²) in [6, 6.07) is 23.3. The van der Waals surface area contributed by atoms with E-state index in [1.807, 2.05) is 62.6 Å². The second-order valence-electron chi connectivity index (χ2n) is 9.17. The number of ether oxygens (including phenoxy) is 2. The summed E-state index contributed by atoms with van der Waals surface area (Å²) in [5.74, 6) is 1.24. The molecule has 8 heteroatoms. The molecule has 8 nitrogen and oxygen atoms in total. The van der Waals surface area contributed by atoms with Crippen molar-refractivity contribution in [3.05, 3.63) is 95.7 Å². The number of aromatic nitrogens is 2. The monoisotopic (exact) mass is 511 g/mol. The van der Waals surface area contributed by atoms with Gasteiger partial charge in [-0.25, -0.2) is 9.78 Å². The lowest BCUT2D eigenvalue weighted by Crippen LogP contribution is -2.27. The quantitative estimate of drug-likeness (QED) is 0.281. The molecule has 0 unspecified atom stereocenters. The molecule has 0 atom stereocenters. The van der Waals surface area contributed by atoms with E-state index in [4.69, 9.17) is 9.47 Å². The Balaban J connectivity index is 1.34. The van der Waals surface area contributed by atoms with Crippen LogP contribution in [0.2, 0.25) is 0 Å². The lowest BCUT2D eigenvalue weighted by atomic mass is 9.93. The van der Waals surface area contributed by atoms with Gasteiger partial charge in [-0.2, -0.15) is 4.98 Å². The Bertz CT molecular complexity index is 1370. The number of nitrogens with one attached hydrogen (secondary N) is 2. The second kappa shape index (κ2) is 12.7. The van der Waals surface area contributed by atoms with Gasteiger partial charge in [0.1, 0.15) is 12.4 Å². The zero-order valence-electron chi connectivity index (χ0n) is 22.2. The number of anilines is 2. The van der Waals surface area contributed by atoms with Gasteiger partial charge in [-0.1, -0.05) is 42.5 Å². The molecule has 1 heterocycles. The van der Waals surface area contributed by atoms with E-state index in [0.717, 1.165) is 34.7 Å². The van der Waals surface area contributed by atoms with Gasteiger partial charge in [0.25, 0.3) is 0 Å². The minimum atomic E-state index is -0.593. The average Bonchev–Trinajstić information content (AvgIpc) is 2.90. The number of rotatable bonds is 10. The third-order valence-corrected chi connectivity index (χ3v) is 6.08. The largest absolute Gasteiger partial charge is 0.492 e. The van der Waals surface area contributed by atoms with E-state index >= 15 is 0 Å². The van der Waals surface area contributed by atoms with Crippen LogP contribution in [-0.2, 0) is 6.54 Å². The second-order valence-corrected chi connectivity index (χ2v) is 9.17. The number of nitrogens with zero attached hydrogens (tertiary/aromatic N) is 3. The van der Waals surface area contributed by atoms with E-state index < -0.39 is 6.09 Å². The first-order valence-electron chi connectivity index (χ1n) is 12.5. The summed E-state index contributed by atoms with van der Waals surface area (Å²) in [6.45, 7) is 5.98. The fourth-order valence-corrected chi connectivity index (χ4v) is 3.85. The predicted molar refractivity (Wildman–Crippen MR) is 150 cm³/mol. The number of benzene rings is 3. The highest BCUT2D eigenvalue weighted by Gasteiger charge is 2.12. The molecule has 0 aliphatic carbocycles. The molecule has 0 radical (unpaired) electrons. The standard InChI is InChI=1S/C30H33N5O3/c1-21-8-7-11-26(22(21)2)27-10-6-5-9-23(27)20-32-30(36)38-28-16-17-31-29(34-28)33-24-12-14-25(15-13-24)37-19-18-35(3)4/h5-17H,18-20H2,1-4H3,(H,32,36)(H,31,33,34). The molecule has 1 amide bonds. The molecular weight excluding hydrogens is 478 g/mol. The topological polar surface area (TPSA) is 88.6 Å². The van der Waals surface area contributed by atoms with Crippen molar-refractivity contribution >= 4 is 17.7 Å². The van der Waals surface area contributed by atoms with Gasteiger partial charge in [0.05, 0.1) is 0 Å². The fourth-order valence-electron chi connectivity index (χ4n) is 3.85. The van der Waals surface area contributed by atoms with E-state index in [0.29, 0.717) is 19.1 Å². The lowest BCUT2D eigenvalue weighted by molar-refractivity contribution is 0.198. The Labute approximate surface area is 223 Å². The molecule has 0 spiro atoms. The Morgan fingerprint density at radius 1 is 0.921 bits per heavy atom. The number of hydrogen-bond donors (Lipinski definition) is 2. The van der Waals surface area contributed by atoms with Gasteiger partial charge in [0.2, 0.25) is 11.8 Å². The Morgan fingerprint density at radius 3 is 2.47 bits per heavy atom. The third kappa shape index (κ3) is 7.30. The molecule has 0 aliphatic heterocycles. The highest BCUT2D eigenvalue weighted by Crippen LogP contribution is 2.28. The normalized spacial score (nSPS) is 10.8. The van der Waals surface area contributed by atoms with Crippen molar-refractivity contribution in [2.75, 3.05) is 32.6 Å². The summed E-state index contributed by atoms with van der Waals surface area (Å²) in [6.07, 6.45) is 0.941. The van der Waals surface area contributed by atoms with Crippen LogP contribution in [-0.4, -0.2) is 48.2 Å². The minimum Gasteiger partial charge on any atom is -0.492 e. The number of amides is 1. The summed E-state index contributed by atoms with van der Waals surface area (Å²) in [7, 11) is 4.01.